The van der Waals surface area contributed by atoms with Gasteiger partial charge in [-0.05, 0) is 6.07 Å². The van der Waals surface area contributed by atoms with Crippen LogP contribution in [0.15, 0.2) is 18.6 Å². The summed E-state index contributed by atoms with van der Waals surface area (Å²) in [5.74, 6) is 0. The van der Waals surface area contributed by atoms with E-state index in [1.54, 1.807) is 12.5 Å². The first-order valence-corrected chi connectivity index (χ1v) is 4.04. The number of aromatic nitrogens is 2. The summed E-state index contributed by atoms with van der Waals surface area (Å²) in [5.41, 5.74) is 1.00. The van der Waals surface area contributed by atoms with Gasteiger partial charge in [0.05, 0.1) is 24.9 Å². The first kappa shape index (κ1) is 7.64. The standard InChI is InChI=1S/C8H11N3O/c1-2-9-6-11-7(1)8-5-12-4-3-10-8/h1-2,6,8,10H,3-5H2. The Morgan fingerprint density at radius 1 is 1.58 bits per heavy atom. The average molecular weight is 165 g/mol. The lowest BCUT2D eigenvalue weighted by Gasteiger charge is -2.22. The number of hydrogen-bond donors (Lipinski definition) is 1. The average Bonchev–Trinajstić information content (AvgIpc) is 2.21. The Hall–Kier alpha value is -1.00. The Balaban J connectivity index is 2.08. The van der Waals surface area contributed by atoms with E-state index in [0.29, 0.717) is 6.61 Å². The molecule has 1 N–H and O–H groups in total. The van der Waals surface area contributed by atoms with Gasteiger partial charge >= 0.3 is 0 Å². The summed E-state index contributed by atoms with van der Waals surface area (Å²) in [6.45, 7) is 2.40. The van der Waals surface area contributed by atoms with Crippen LogP contribution in [0.4, 0.5) is 0 Å². The fraction of sp³-hybridized carbons (Fsp3) is 0.500. The zero-order chi connectivity index (χ0) is 8.23. The molecule has 4 nitrogen and oxygen atoms in total. The van der Waals surface area contributed by atoms with Crippen LogP contribution in [0, 0.1) is 0 Å². The lowest BCUT2D eigenvalue weighted by Crippen LogP contribution is -2.35. The predicted molar refractivity (Wildman–Crippen MR) is 43.6 cm³/mol. The van der Waals surface area contributed by atoms with Crippen molar-refractivity contribution < 1.29 is 4.74 Å². The maximum Gasteiger partial charge on any atom is 0.115 e. The molecule has 2 rings (SSSR count). The van der Waals surface area contributed by atoms with Gasteiger partial charge in [-0.15, -0.1) is 0 Å². The maximum absolute atomic E-state index is 5.31. The molecule has 64 valence electrons. The summed E-state index contributed by atoms with van der Waals surface area (Å²) in [5, 5.41) is 3.32. The summed E-state index contributed by atoms with van der Waals surface area (Å²) < 4.78 is 5.31. The number of rotatable bonds is 1. The van der Waals surface area contributed by atoms with E-state index < -0.39 is 0 Å². The van der Waals surface area contributed by atoms with E-state index in [9.17, 15) is 0 Å². The van der Waals surface area contributed by atoms with Gasteiger partial charge in [-0.25, -0.2) is 9.97 Å². The molecule has 1 aromatic rings. The minimum Gasteiger partial charge on any atom is -0.378 e. The van der Waals surface area contributed by atoms with Crippen molar-refractivity contribution in [2.45, 2.75) is 6.04 Å². The smallest absolute Gasteiger partial charge is 0.115 e. The van der Waals surface area contributed by atoms with E-state index in [4.69, 9.17) is 4.74 Å². The van der Waals surface area contributed by atoms with Gasteiger partial charge in [0.15, 0.2) is 0 Å². The molecule has 0 aliphatic carbocycles. The fourth-order valence-electron chi connectivity index (χ4n) is 1.26. The van der Waals surface area contributed by atoms with Crippen LogP contribution in [-0.4, -0.2) is 29.7 Å². The lowest BCUT2D eigenvalue weighted by molar-refractivity contribution is 0.0756. The van der Waals surface area contributed by atoms with E-state index in [1.807, 2.05) is 6.07 Å². The first-order valence-electron chi connectivity index (χ1n) is 4.04. The molecule has 0 bridgehead atoms. The molecule has 0 aromatic carbocycles. The van der Waals surface area contributed by atoms with Crippen molar-refractivity contribution in [3.8, 4) is 0 Å². The first-order chi connectivity index (χ1) is 5.97. The molecule has 1 saturated heterocycles. The molecule has 1 unspecified atom stereocenters. The molecule has 0 spiro atoms. The van der Waals surface area contributed by atoms with E-state index in [-0.39, 0.29) is 6.04 Å². The Labute approximate surface area is 71.0 Å². The number of nitrogens with one attached hydrogen (secondary N) is 1. The predicted octanol–water partition coefficient (Wildman–Crippen LogP) is 0.138. The van der Waals surface area contributed by atoms with Crippen LogP contribution in [0.3, 0.4) is 0 Å². The molecular formula is C8H11N3O. The quantitative estimate of drug-likeness (QED) is 0.643. The normalized spacial score (nSPS) is 23.8. The highest BCUT2D eigenvalue weighted by Gasteiger charge is 2.15. The minimum atomic E-state index is 0.238. The van der Waals surface area contributed by atoms with Gasteiger partial charge in [0.1, 0.15) is 6.33 Å². The third kappa shape index (κ3) is 1.60. The van der Waals surface area contributed by atoms with E-state index in [1.165, 1.54) is 0 Å². The molecule has 1 atom stereocenters. The molecule has 2 heterocycles. The summed E-state index contributed by atoms with van der Waals surface area (Å²) in [7, 11) is 0. The molecule has 1 aromatic heterocycles. The van der Waals surface area contributed by atoms with Crippen molar-refractivity contribution >= 4 is 0 Å². The van der Waals surface area contributed by atoms with E-state index in [0.717, 1.165) is 18.8 Å². The van der Waals surface area contributed by atoms with Crippen molar-refractivity contribution in [1.29, 1.82) is 0 Å². The SMILES string of the molecule is c1cc(C2COCCN2)ncn1. The van der Waals surface area contributed by atoms with Crippen LogP contribution in [0.5, 0.6) is 0 Å². The van der Waals surface area contributed by atoms with Crippen LogP contribution >= 0.6 is 0 Å². The topological polar surface area (TPSA) is 47.0 Å². The number of nitrogens with zero attached hydrogens (tertiary/aromatic N) is 2. The third-order valence-electron chi connectivity index (χ3n) is 1.88. The van der Waals surface area contributed by atoms with Gasteiger partial charge in [-0.3, -0.25) is 0 Å². The largest absolute Gasteiger partial charge is 0.378 e. The van der Waals surface area contributed by atoms with E-state index >= 15 is 0 Å². The van der Waals surface area contributed by atoms with Crippen molar-refractivity contribution in [1.82, 2.24) is 15.3 Å². The highest BCUT2D eigenvalue weighted by atomic mass is 16.5. The Kier molecular flexibility index (Phi) is 2.29. The van der Waals surface area contributed by atoms with Gasteiger partial charge in [0, 0.05) is 12.7 Å². The van der Waals surface area contributed by atoms with Crippen LogP contribution in [0.25, 0.3) is 0 Å². The second-order valence-corrected chi connectivity index (χ2v) is 2.72. The van der Waals surface area contributed by atoms with Gasteiger partial charge in [0.25, 0.3) is 0 Å². The fourth-order valence-corrected chi connectivity index (χ4v) is 1.26. The zero-order valence-corrected chi connectivity index (χ0v) is 6.73. The Bertz CT molecular complexity index is 233. The lowest BCUT2D eigenvalue weighted by atomic mass is 10.2. The highest BCUT2D eigenvalue weighted by molar-refractivity contribution is 5.05. The molecule has 0 radical (unpaired) electrons. The van der Waals surface area contributed by atoms with Gasteiger partial charge in [-0.2, -0.15) is 0 Å². The minimum absolute atomic E-state index is 0.238. The van der Waals surface area contributed by atoms with Gasteiger partial charge in [0.2, 0.25) is 0 Å². The molecule has 1 fully saturated rings. The highest BCUT2D eigenvalue weighted by Crippen LogP contribution is 2.10. The second kappa shape index (κ2) is 3.60. The summed E-state index contributed by atoms with van der Waals surface area (Å²) in [6, 6.07) is 2.15. The second-order valence-electron chi connectivity index (χ2n) is 2.72. The Morgan fingerprint density at radius 3 is 3.25 bits per heavy atom. The van der Waals surface area contributed by atoms with Crippen LogP contribution in [-0.2, 0) is 4.74 Å². The molecular weight excluding hydrogens is 154 g/mol. The molecule has 1 aliphatic heterocycles. The molecule has 1 aliphatic rings. The summed E-state index contributed by atoms with van der Waals surface area (Å²) in [4.78, 5) is 8.01. The molecule has 0 amide bonds. The van der Waals surface area contributed by atoms with Crippen molar-refractivity contribution in [2.75, 3.05) is 19.8 Å². The third-order valence-corrected chi connectivity index (χ3v) is 1.88. The summed E-state index contributed by atoms with van der Waals surface area (Å²) in [6.07, 6.45) is 3.31. The monoisotopic (exact) mass is 165 g/mol. The van der Waals surface area contributed by atoms with E-state index in [2.05, 4.69) is 15.3 Å². The molecule has 0 saturated carbocycles. The van der Waals surface area contributed by atoms with Crippen molar-refractivity contribution in [3.63, 3.8) is 0 Å². The number of morpholine rings is 1. The van der Waals surface area contributed by atoms with Crippen molar-refractivity contribution in [2.24, 2.45) is 0 Å². The number of hydrogen-bond acceptors (Lipinski definition) is 4. The van der Waals surface area contributed by atoms with Crippen molar-refractivity contribution in [3.05, 3.63) is 24.3 Å². The maximum atomic E-state index is 5.31. The number of ether oxygens (including phenoxy) is 1. The van der Waals surface area contributed by atoms with Crippen LogP contribution in [0.1, 0.15) is 11.7 Å². The van der Waals surface area contributed by atoms with Gasteiger partial charge < -0.3 is 10.1 Å². The zero-order valence-electron chi connectivity index (χ0n) is 6.73. The van der Waals surface area contributed by atoms with Gasteiger partial charge in [-0.1, -0.05) is 0 Å². The Morgan fingerprint density at radius 2 is 2.58 bits per heavy atom. The van der Waals surface area contributed by atoms with Crippen LogP contribution in [0.2, 0.25) is 0 Å². The molecule has 12 heavy (non-hydrogen) atoms. The van der Waals surface area contributed by atoms with Crippen LogP contribution < -0.4 is 5.32 Å². The summed E-state index contributed by atoms with van der Waals surface area (Å²) >= 11 is 0. The molecule has 4 heteroatoms.